The molecule has 1 N–H and O–H groups in total. The van der Waals surface area contributed by atoms with Gasteiger partial charge in [0.05, 0.1) is 19.8 Å². The lowest BCUT2D eigenvalue weighted by atomic mass is 9.72. The fourth-order valence-corrected chi connectivity index (χ4v) is 4.66. The van der Waals surface area contributed by atoms with Crippen molar-refractivity contribution in [2.45, 2.75) is 37.3 Å². The number of ether oxygens (including phenoxy) is 2. The predicted molar refractivity (Wildman–Crippen MR) is 110 cm³/mol. The Bertz CT molecular complexity index is 1110. The van der Waals surface area contributed by atoms with Gasteiger partial charge in [-0.1, -0.05) is 18.2 Å². The van der Waals surface area contributed by atoms with E-state index in [2.05, 4.69) is 5.32 Å². The van der Waals surface area contributed by atoms with Crippen LogP contribution in [0.5, 0.6) is 11.5 Å². The molecule has 2 atom stereocenters. The quantitative estimate of drug-likeness (QED) is 0.739. The summed E-state index contributed by atoms with van der Waals surface area (Å²) in [5.74, 6) is -0.744. The highest BCUT2D eigenvalue weighted by Crippen LogP contribution is 2.47. The summed E-state index contributed by atoms with van der Waals surface area (Å²) in [6.07, 6.45) is -4.38. The van der Waals surface area contributed by atoms with Crippen LogP contribution in [0.25, 0.3) is 0 Å². The van der Waals surface area contributed by atoms with Crippen LogP contribution in [-0.4, -0.2) is 25.9 Å². The Balaban J connectivity index is 1.78. The van der Waals surface area contributed by atoms with Crippen molar-refractivity contribution in [3.63, 3.8) is 0 Å². The number of carbonyl (C=O) groups excluding carboxylic acids is 2. The number of allylic oxidation sites excluding steroid dienone is 2. The number of ketones is 1. The van der Waals surface area contributed by atoms with Gasteiger partial charge in [0.25, 0.3) is 0 Å². The Morgan fingerprint density at radius 1 is 0.938 bits per heavy atom. The lowest BCUT2D eigenvalue weighted by molar-refractivity contribution is -0.138. The molecule has 1 aliphatic carbocycles. The zero-order chi connectivity index (χ0) is 23.0. The zero-order valence-corrected chi connectivity index (χ0v) is 17.6. The molecule has 2 aromatic rings. The molecule has 1 amide bonds. The molecular weight excluding hydrogens is 423 g/mol. The number of halogens is 3. The van der Waals surface area contributed by atoms with Crippen molar-refractivity contribution in [2.24, 2.45) is 0 Å². The summed E-state index contributed by atoms with van der Waals surface area (Å²) in [6.45, 7) is 0. The van der Waals surface area contributed by atoms with E-state index in [1.165, 1.54) is 32.4 Å². The normalized spacial score (nSPS) is 21.2. The van der Waals surface area contributed by atoms with Crippen LogP contribution in [0, 0.1) is 0 Å². The summed E-state index contributed by atoms with van der Waals surface area (Å²) >= 11 is 0. The highest BCUT2D eigenvalue weighted by atomic mass is 19.4. The first kappa shape index (κ1) is 21.9. The second-order valence-electron chi connectivity index (χ2n) is 7.92. The summed E-state index contributed by atoms with van der Waals surface area (Å²) in [4.78, 5) is 25.7. The molecule has 0 saturated heterocycles. The largest absolute Gasteiger partial charge is 0.497 e. The molecule has 0 aromatic heterocycles. The van der Waals surface area contributed by atoms with E-state index >= 15 is 0 Å². The van der Waals surface area contributed by atoms with Gasteiger partial charge in [-0.2, -0.15) is 13.2 Å². The highest BCUT2D eigenvalue weighted by Gasteiger charge is 2.42. The lowest BCUT2D eigenvalue weighted by Gasteiger charge is -2.35. The molecule has 168 valence electrons. The molecule has 0 radical (unpaired) electrons. The molecule has 1 aliphatic heterocycles. The maximum absolute atomic E-state index is 13.6. The van der Waals surface area contributed by atoms with Crippen LogP contribution in [0.1, 0.15) is 47.8 Å². The van der Waals surface area contributed by atoms with E-state index < -0.39 is 23.6 Å². The van der Waals surface area contributed by atoms with Crippen LogP contribution in [0.3, 0.4) is 0 Å². The van der Waals surface area contributed by atoms with Gasteiger partial charge in [-0.25, -0.2) is 0 Å². The first-order valence-corrected chi connectivity index (χ1v) is 10.2. The van der Waals surface area contributed by atoms with E-state index in [0.717, 1.165) is 11.6 Å². The fraction of sp³-hybridized carbons (Fsp3) is 0.333. The van der Waals surface area contributed by atoms with Crippen LogP contribution >= 0.6 is 0 Å². The van der Waals surface area contributed by atoms with Crippen LogP contribution in [-0.2, 0) is 15.8 Å². The number of carbonyl (C=O) groups is 2. The summed E-state index contributed by atoms with van der Waals surface area (Å²) in [5.41, 5.74) is 0.525. The minimum atomic E-state index is -4.58. The Labute approximate surface area is 183 Å². The van der Waals surface area contributed by atoms with Crippen LogP contribution in [0.4, 0.5) is 13.2 Å². The van der Waals surface area contributed by atoms with Crippen molar-refractivity contribution in [1.82, 2.24) is 5.32 Å². The summed E-state index contributed by atoms with van der Waals surface area (Å²) < 4.78 is 51.6. The number of hydrogen-bond donors (Lipinski definition) is 1. The Morgan fingerprint density at radius 2 is 1.69 bits per heavy atom. The number of amides is 1. The monoisotopic (exact) mass is 445 g/mol. The lowest BCUT2D eigenvalue weighted by Crippen LogP contribution is -2.38. The van der Waals surface area contributed by atoms with Crippen molar-refractivity contribution < 1.29 is 32.2 Å². The smallest absolute Gasteiger partial charge is 0.416 e. The molecule has 0 bridgehead atoms. The van der Waals surface area contributed by atoms with E-state index in [1.807, 2.05) is 0 Å². The maximum atomic E-state index is 13.6. The van der Waals surface area contributed by atoms with Crippen molar-refractivity contribution in [3.8, 4) is 11.5 Å². The summed E-state index contributed by atoms with van der Waals surface area (Å²) in [5, 5.41) is 2.74. The fourth-order valence-electron chi connectivity index (χ4n) is 4.66. The standard InChI is InChI=1S/C24H22F3NO4/c1-31-14-7-8-21(32-2)16(11-14)13-9-19-23(20(29)10-13)17(12-22(30)28-19)15-5-3-4-6-18(15)24(25,26)27/h3-8,11,13,17H,9-10,12H2,1-2H3,(H,28,30)/t13-,17+/m1/s1. The molecule has 8 heteroatoms. The molecule has 0 spiro atoms. The average molecular weight is 445 g/mol. The van der Waals surface area contributed by atoms with Crippen molar-refractivity contribution in [2.75, 3.05) is 14.2 Å². The van der Waals surface area contributed by atoms with Gasteiger partial charge in [-0.3, -0.25) is 9.59 Å². The van der Waals surface area contributed by atoms with Crippen LogP contribution in [0.15, 0.2) is 53.7 Å². The molecule has 4 rings (SSSR count). The number of alkyl halides is 3. The number of benzene rings is 2. The summed E-state index contributed by atoms with van der Waals surface area (Å²) in [7, 11) is 3.05. The average Bonchev–Trinajstić information content (AvgIpc) is 2.77. The minimum Gasteiger partial charge on any atom is -0.497 e. The van der Waals surface area contributed by atoms with Crippen LogP contribution < -0.4 is 14.8 Å². The third kappa shape index (κ3) is 3.97. The number of nitrogens with one attached hydrogen (secondary N) is 1. The number of methoxy groups -OCH3 is 2. The van der Waals surface area contributed by atoms with Gasteiger partial charge < -0.3 is 14.8 Å². The molecule has 2 aromatic carbocycles. The van der Waals surface area contributed by atoms with Gasteiger partial charge in [0.1, 0.15) is 11.5 Å². The summed E-state index contributed by atoms with van der Waals surface area (Å²) in [6, 6.07) is 10.4. The molecule has 2 aliphatic rings. The zero-order valence-electron chi connectivity index (χ0n) is 17.6. The van der Waals surface area contributed by atoms with Gasteiger partial charge in [-0.05, 0) is 36.2 Å². The van der Waals surface area contributed by atoms with Crippen molar-refractivity contribution >= 4 is 11.7 Å². The predicted octanol–water partition coefficient (Wildman–Crippen LogP) is 4.73. The second kappa shape index (κ2) is 8.33. The topological polar surface area (TPSA) is 64.6 Å². The van der Waals surface area contributed by atoms with Gasteiger partial charge in [0.15, 0.2) is 5.78 Å². The van der Waals surface area contributed by atoms with Crippen molar-refractivity contribution in [1.29, 1.82) is 0 Å². The molecular formula is C24H22F3NO4. The molecule has 0 saturated carbocycles. The van der Waals surface area contributed by atoms with E-state index in [1.54, 1.807) is 18.2 Å². The highest BCUT2D eigenvalue weighted by molar-refractivity contribution is 6.02. The van der Waals surface area contributed by atoms with E-state index in [-0.39, 0.29) is 35.7 Å². The SMILES string of the molecule is COc1ccc(OC)c([C@H]2CC(=O)C3=C(C2)NC(=O)C[C@H]3c2ccccc2C(F)(F)F)c1. The third-order valence-electron chi connectivity index (χ3n) is 6.05. The van der Waals surface area contributed by atoms with Gasteiger partial charge in [0.2, 0.25) is 5.91 Å². The number of rotatable bonds is 4. The first-order valence-electron chi connectivity index (χ1n) is 10.2. The van der Waals surface area contributed by atoms with E-state index in [9.17, 15) is 22.8 Å². The number of Topliss-reactive ketones (excluding diaryl/α,β-unsaturated/α-hetero) is 1. The Morgan fingerprint density at radius 3 is 2.38 bits per heavy atom. The molecule has 0 fully saturated rings. The number of hydrogen-bond acceptors (Lipinski definition) is 4. The molecule has 5 nitrogen and oxygen atoms in total. The first-order chi connectivity index (χ1) is 15.2. The molecule has 32 heavy (non-hydrogen) atoms. The van der Waals surface area contributed by atoms with Crippen LogP contribution in [0.2, 0.25) is 0 Å². The van der Waals surface area contributed by atoms with Crippen molar-refractivity contribution in [3.05, 3.63) is 70.4 Å². The van der Waals surface area contributed by atoms with E-state index in [4.69, 9.17) is 9.47 Å². The third-order valence-corrected chi connectivity index (χ3v) is 6.05. The Hall–Kier alpha value is -3.29. The Kier molecular flexibility index (Phi) is 5.71. The maximum Gasteiger partial charge on any atom is 0.416 e. The van der Waals surface area contributed by atoms with Gasteiger partial charge in [0, 0.05) is 41.5 Å². The molecule has 1 heterocycles. The van der Waals surface area contributed by atoms with Gasteiger partial charge >= 0.3 is 6.18 Å². The van der Waals surface area contributed by atoms with Gasteiger partial charge in [-0.15, -0.1) is 0 Å². The second-order valence-corrected chi connectivity index (χ2v) is 7.92. The molecule has 0 unspecified atom stereocenters. The van der Waals surface area contributed by atoms with E-state index in [0.29, 0.717) is 23.6 Å². The minimum absolute atomic E-state index is 0.0480.